The van der Waals surface area contributed by atoms with Gasteiger partial charge in [0.1, 0.15) is 0 Å². The second-order valence-corrected chi connectivity index (χ2v) is 7.48. The van der Waals surface area contributed by atoms with Crippen LogP contribution >= 0.6 is 33.9 Å². The van der Waals surface area contributed by atoms with Gasteiger partial charge in [0.15, 0.2) is 5.13 Å². The van der Waals surface area contributed by atoms with Crippen LogP contribution in [0.5, 0.6) is 0 Å². The molecule has 0 radical (unpaired) electrons. The third kappa shape index (κ3) is 4.07. The first-order valence-corrected chi connectivity index (χ1v) is 9.74. The Hall–Kier alpha value is -2.33. The SMILES string of the molecule is CCc1ccc(-c2csc(NC(=O)c3cc([N+](=O)[O-])ccc3I)n2)cc1. The zero-order valence-electron chi connectivity index (χ0n) is 13.7. The molecule has 0 bridgehead atoms. The Balaban J connectivity index is 1.79. The van der Waals surface area contributed by atoms with Crippen molar-refractivity contribution in [2.75, 3.05) is 5.32 Å². The fourth-order valence-electron chi connectivity index (χ4n) is 2.34. The molecule has 1 amide bonds. The Morgan fingerprint density at radius 1 is 1.27 bits per heavy atom. The predicted octanol–water partition coefficient (Wildman–Crippen LogP) is 5.14. The molecule has 8 heteroatoms. The maximum absolute atomic E-state index is 12.5. The summed E-state index contributed by atoms with van der Waals surface area (Å²) in [6.45, 7) is 2.10. The lowest BCUT2D eigenvalue weighted by atomic mass is 10.1. The second kappa shape index (κ2) is 7.92. The number of carbonyl (C=O) groups excluding carboxylic acids is 1. The molecule has 0 spiro atoms. The fourth-order valence-corrected chi connectivity index (χ4v) is 3.64. The van der Waals surface area contributed by atoms with Gasteiger partial charge in [-0.2, -0.15) is 0 Å². The summed E-state index contributed by atoms with van der Waals surface area (Å²) in [6.07, 6.45) is 0.973. The van der Waals surface area contributed by atoms with Gasteiger partial charge in [0.2, 0.25) is 0 Å². The molecule has 0 saturated carbocycles. The molecule has 0 aliphatic carbocycles. The summed E-state index contributed by atoms with van der Waals surface area (Å²) in [5.41, 5.74) is 3.14. The molecule has 1 heterocycles. The van der Waals surface area contributed by atoms with Gasteiger partial charge < -0.3 is 0 Å². The van der Waals surface area contributed by atoms with E-state index in [1.165, 1.54) is 29.0 Å². The Kier molecular flexibility index (Phi) is 5.62. The number of non-ortho nitro benzene ring substituents is 1. The summed E-state index contributed by atoms with van der Waals surface area (Å²) in [4.78, 5) is 27.3. The van der Waals surface area contributed by atoms with Crippen molar-refractivity contribution in [3.05, 3.63) is 72.7 Å². The minimum absolute atomic E-state index is 0.119. The van der Waals surface area contributed by atoms with Crippen molar-refractivity contribution in [3.8, 4) is 11.3 Å². The minimum atomic E-state index is -0.520. The number of nitrogens with one attached hydrogen (secondary N) is 1. The van der Waals surface area contributed by atoms with Gasteiger partial charge in [-0.1, -0.05) is 31.2 Å². The van der Waals surface area contributed by atoms with Gasteiger partial charge in [-0.15, -0.1) is 11.3 Å². The van der Waals surface area contributed by atoms with E-state index >= 15 is 0 Å². The number of hydrogen-bond donors (Lipinski definition) is 1. The molecule has 132 valence electrons. The molecule has 0 aliphatic heterocycles. The number of nitrogens with zero attached hydrogens (tertiary/aromatic N) is 2. The highest BCUT2D eigenvalue weighted by atomic mass is 127. The Morgan fingerprint density at radius 3 is 2.65 bits per heavy atom. The van der Waals surface area contributed by atoms with E-state index in [0.717, 1.165) is 17.7 Å². The first-order chi connectivity index (χ1) is 12.5. The number of benzene rings is 2. The van der Waals surface area contributed by atoms with Crippen LogP contribution in [0.4, 0.5) is 10.8 Å². The average Bonchev–Trinajstić information content (AvgIpc) is 3.10. The van der Waals surface area contributed by atoms with E-state index in [1.54, 1.807) is 6.07 Å². The molecule has 3 aromatic rings. The highest BCUT2D eigenvalue weighted by Gasteiger charge is 2.17. The topological polar surface area (TPSA) is 85.1 Å². The molecule has 1 N–H and O–H groups in total. The molecule has 6 nitrogen and oxygen atoms in total. The molecule has 3 rings (SSSR count). The Labute approximate surface area is 167 Å². The predicted molar refractivity (Wildman–Crippen MR) is 111 cm³/mol. The summed E-state index contributed by atoms with van der Waals surface area (Å²) in [5, 5.41) is 16.0. The molecule has 26 heavy (non-hydrogen) atoms. The van der Waals surface area contributed by atoms with Crippen molar-refractivity contribution in [3.63, 3.8) is 0 Å². The number of nitro groups is 1. The third-order valence-electron chi connectivity index (χ3n) is 3.79. The standard InChI is InChI=1S/C18H14IN3O3S/c1-2-11-3-5-12(6-4-11)16-10-26-18(20-16)21-17(23)14-9-13(22(24)25)7-8-15(14)19/h3-10H,2H2,1H3,(H,20,21,23). The zero-order chi connectivity index (χ0) is 18.7. The zero-order valence-corrected chi connectivity index (χ0v) is 16.7. The normalized spacial score (nSPS) is 10.5. The number of thiazole rings is 1. The van der Waals surface area contributed by atoms with E-state index in [-0.39, 0.29) is 11.3 Å². The number of aryl methyl sites for hydroxylation is 1. The fraction of sp³-hybridized carbons (Fsp3) is 0.111. The average molecular weight is 479 g/mol. The summed E-state index contributed by atoms with van der Waals surface area (Å²) in [6, 6.07) is 12.3. The molecular weight excluding hydrogens is 465 g/mol. The number of carbonyl (C=O) groups is 1. The van der Waals surface area contributed by atoms with E-state index in [9.17, 15) is 14.9 Å². The number of halogens is 1. The van der Waals surface area contributed by atoms with E-state index in [0.29, 0.717) is 8.70 Å². The highest BCUT2D eigenvalue weighted by Crippen LogP contribution is 2.26. The largest absolute Gasteiger partial charge is 0.298 e. The van der Waals surface area contributed by atoms with E-state index in [2.05, 4.69) is 29.4 Å². The van der Waals surface area contributed by atoms with Crippen LogP contribution in [0.3, 0.4) is 0 Å². The van der Waals surface area contributed by atoms with Gasteiger partial charge in [-0.05, 0) is 40.6 Å². The molecule has 1 aromatic heterocycles. The van der Waals surface area contributed by atoms with Crippen molar-refractivity contribution < 1.29 is 9.72 Å². The van der Waals surface area contributed by atoms with Crippen LogP contribution in [0.1, 0.15) is 22.8 Å². The number of rotatable bonds is 5. The van der Waals surface area contributed by atoms with Crippen LogP contribution in [-0.4, -0.2) is 15.8 Å². The lowest BCUT2D eigenvalue weighted by molar-refractivity contribution is -0.384. The number of amides is 1. The third-order valence-corrected chi connectivity index (χ3v) is 5.49. The first-order valence-electron chi connectivity index (χ1n) is 7.78. The summed E-state index contributed by atoms with van der Waals surface area (Å²) in [5.74, 6) is -0.416. The summed E-state index contributed by atoms with van der Waals surface area (Å²) >= 11 is 3.29. The van der Waals surface area contributed by atoms with E-state index < -0.39 is 10.8 Å². The van der Waals surface area contributed by atoms with Crippen LogP contribution in [-0.2, 0) is 6.42 Å². The molecule has 0 saturated heterocycles. The quantitative estimate of drug-likeness (QED) is 0.312. The van der Waals surface area contributed by atoms with Crippen molar-refractivity contribution in [1.82, 2.24) is 4.98 Å². The van der Waals surface area contributed by atoms with Crippen molar-refractivity contribution in [2.24, 2.45) is 0 Å². The Morgan fingerprint density at radius 2 is 2.00 bits per heavy atom. The molecule has 0 fully saturated rings. The highest BCUT2D eigenvalue weighted by molar-refractivity contribution is 14.1. The van der Waals surface area contributed by atoms with Crippen LogP contribution < -0.4 is 5.32 Å². The van der Waals surface area contributed by atoms with Gasteiger partial charge >= 0.3 is 0 Å². The maximum Gasteiger partial charge on any atom is 0.270 e. The molecule has 0 aliphatic rings. The minimum Gasteiger partial charge on any atom is -0.298 e. The van der Waals surface area contributed by atoms with Gasteiger partial charge in [0.25, 0.3) is 11.6 Å². The molecule has 2 aromatic carbocycles. The molecule has 0 unspecified atom stereocenters. The summed E-state index contributed by atoms with van der Waals surface area (Å²) in [7, 11) is 0. The maximum atomic E-state index is 12.5. The van der Waals surface area contributed by atoms with Crippen LogP contribution in [0.15, 0.2) is 47.8 Å². The smallest absolute Gasteiger partial charge is 0.270 e. The van der Waals surface area contributed by atoms with Crippen LogP contribution in [0.25, 0.3) is 11.3 Å². The first kappa shape index (κ1) is 18.5. The number of anilines is 1. The monoisotopic (exact) mass is 479 g/mol. The Bertz CT molecular complexity index is 970. The molecular formula is C18H14IN3O3S. The number of hydrogen-bond acceptors (Lipinski definition) is 5. The second-order valence-electron chi connectivity index (χ2n) is 5.46. The number of aromatic nitrogens is 1. The van der Waals surface area contributed by atoms with Crippen LogP contribution in [0, 0.1) is 13.7 Å². The summed E-state index contributed by atoms with van der Waals surface area (Å²) < 4.78 is 0.637. The van der Waals surface area contributed by atoms with Gasteiger partial charge in [0.05, 0.1) is 16.2 Å². The van der Waals surface area contributed by atoms with Gasteiger partial charge in [-0.25, -0.2) is 4.98 Å². The molecule has 0 atom stereocenters. The lowest BCUT2D eigenvalue weighted by Crippen LogP contribution is -2.13. The number of nitro benzene ring substituents is 1. The van der Waals surface area contributed by atoms with Gasteiger partial charge in [-0.3, -0.25) is 20.2 Å². The lowest BCUT2D eigenvalue weighted by Gasteiger charge is -2.04. The van der Waals surface area contributed by atoms with Gasteiger partial charge in [0, 0.05) is 26.6 Å². The van der Waals surface area contributed by atoms with Crippen molar-refractivity contribution in [2.45, 2.75) is 13.3 Å². The van der Waals surface area contributed by atoms with Crippen molar-refractivity contribution in [1.29, 1.82) is 0 Å². The van der Waals surface area contributed by atoms with E-state index in [1.807, 2.05) is 40.1 Å². The van der Waals surface area contributed by atoms with E-state index in [4.69, 9.17) is 0 Å². The van der Waals surface area contributed by atoms with Crippen molar-refractivity contribution >= 4 is 50.7 Å². The van der Waals surface area contributed by atoms with Crippen LogP contribution in [0.2, 0.25) is 0 Å².